The Morgan fingerprint density at radius 2 is 2.08 bits per heavy atom. The van der Waals surface area contributed by atoms with Crippen LogP contribution in [0.1, 0.15) is 59.3 Å². The van der Waals surface area contributed by atoms with E-state index in [1.807, 2.05) is 7.05 Å². The van der Waals surface area contributed by atoms with E-state index in [4.69, 9.17) is 9.47 Å². The van der Waals surface area contributed by atoms with Crippen molar-refractivity contribution in [2.75, 3.05) is 26.8 Å². The summed E-state index contributed by atoms with van der Waals surface area (Å²) >= 11 is 0. The van der Waals surface area contributed by atoms with Crippen molar-refractivity contribution in [1.82, 2.24) is 10.6 Å². The molecule has 4 unspecified atom stereocenters. The Bertz CT molecular complexity index is 460. The highest BCUT2D eigenvalue weighted by molar-refractivity contribution is 5.80. The largest absolute Gasteiger partial charge is 0.378 e. The minimum Gasteiger partial charge on any atom is -0.378 e. The Morgan fingerprint density at radius 3 is 2.72 bits per heavy atom. The third kappa shape index (κ3) is 3.68. The standard InChI is InChI=1S/C20H37N3O2/c1-5-24-16(14(2)3)8-12-22-19(21-4)23-17-15-9-13-25-18(15)20(17)10-6-7-11-20/h14-18H,5-13H2,1-4H3,(H2,21,22,23). The van der Waals surface area contributed by atoms with Gasteiger partial charge in [0.25, 0.3) is 0 Å². The molecule has 0 aromatic heterocycles. The van der Waals surface area contributed by atoms with Gasteiger partial charge in [-0.3, -0.25) is 4.99 Å². The lowest BCUT2D eigenvalue weighted by Crippen LogP contribution is -2.69. The van der Waals surface area contributed by atoms with Crippen molar-refractivity contribution in [2.24, 2.45) is 22.2 Å². The van der Waals surface area contributed by atoms with E-state index in [2.05, 4.69) is 36.4 Å². The van der Waals surface area contributed by atoms with Crippen LogP contribution in [-0.2, 0) is 9.47 Å². The number of rotatable bonds is 7. The number of ether oxygens (including phenoxy) is 2. The number of nitrogens with zero attached hydrogens (tertiary/aromatic N) is 1. The van der Waals surface area contributed by atoms with Crippen molar-refractivity contribution in [3.8, 4) is 0 Å². The van der Waals surface area contributed by atoms with Crippen LogP contribution in [0.25, 0.3) is 0 Å². The molecule has 5 heteroatoms. The van der Waals surface area contributed by atoms with Crippen molar-refractivity contribution in [2.45, 2.75) is 77.5 Å². The van der Waals surface area contributed by atoms with E-state index >= 15 is 0 Å². The first-order valence-corrected chi connectivity index (χ1v) is 10.3. The Balaban J connectivity index is 1.52. The van der Waals surface area contributed by atoms with Crippen molar-refractivity contribution >= 4 is 5.96 Å². The molecule has 0 radical (unpaired) electrons. The van der Waals surface area contributed by atoms with E-state index < -0.39 is 0 Å². The fraction of sp³-hybridized carbons (Fsp3) is 0.950. The van der Waals surface area contributed by atoms with E-state index in [0.717, 1.165) is 32.1 Å². The molecule has 1 heterocycles. The predicted octanol–water partition coefficient (Wildman–Crippen LogP) is 2.95. The zero-order chi connectivity index (χ0) is 17.9. The molecule has 0 amide bonds. The summed E-state index contributed by atoms with van der Waals surface area (Å²) in [4.78, 5) is 4.48. The molecular formula is C20H37N3O2. The summed E-state index contributed by atoms with van der Waals surface area (Å²) in [7, 11) is 1.88. The number of aliphatic imine (C=N–C) groups is 1. The van der Waals surface area contributed by atoms with Gasteiger partial charge in [-0.25, -0.2) is 0 Å². The smallest absolute Gasteiger partial charge is 0.191 e. The van der Waals surface area contributed by atoms with E-state index in [1.165, 1.54) is 32.1 Å². The van der Waals surface area contributed by atoms with Crippen molar-refractivity contribution in [1.29, 1.82) is 0 Å². The number of guanidine groups is 1. The quantitative estimate of drug-likeness (QED) is 0.547. The van der Waals surface area contributed by atoms with Gasteiger partial charge in [0.2, 0.25) is 0 Å². The maximum Gasteiger partial charge on any atom is 0.191 e. The third-order valence-electron chi connectivity index (χ3n) is 6.65. The summed E-state index contributed by atoms with van der Waals surface area (Å²) < 4.78 is 11.9. The average Bonchev–Trinajstić information content (AvgIpc) is 3.25. The van der Waals surface area contributed by atoms with E-state index in [9.17, 15) is 0 Å². The maximum atomic E-state index is 6.08. The highest BCUT2D eigenvalue weighted by atomic mass is 16.5. The molecule has 3 fully saturated rings. The van der Waals surface area contributed by atoms with Gasteiger partial charge in [-0.1, -0.05) is 26.7 Å². The molecule has 25 heavy (non-hydrogen) atoms. The zero-order valence-electron chi connectivity index (χ0n) is 16.5. The molecule has 3 rings (SSSR count). The summed E-state index contributed by atoms with van der Waals surface area (Å²) in [6, 6.07) is 0.529. The minimum atomic E-state index is 0.313. The third-order valence-corrected chi connectivity index (χ3v) is 6.65. The highest BCUT2D eigenvalue weighted by Gasteiger charge is 2.65. The summed E-state index contributed by atoms with van der Waals surface area (Å²) in [6.45, 7) is 9.14. The van der Waals surface area contributed by atoms with Crippen LogP contribution in [0, 0.1) is 17.3 Å². The Labute approximate surface area is 153 Å². The van der Waals surface area contributed by atoms with Crippen molar-refractivity contribution in [3.63, 3.8) is 0 Å². The molecule has 0 aromatic carbocycles. The molecule has 4 atom stereocenters. The van der Waals surface area contributed by atoms with Crippen LogP contribution in [0.5, 0.6) is 0 Å². The fourth-order valence-corrected chi connectivity index (χ4v) is 5.40. The summed E-state index contributed by atoms with van der Waals surface area (Å²) in [5.41, 5.74) is 0.366. The normalized spacial score (nSPS) is 31.9. The van der Waals surface area contributed by atoms with Crippen molar-refractivity contribution in [3.05, 3.63) is 0 Å². The van der Waals surface area contributed by atoms with E-state index in [1.54, 1.807) is 0 Å². The highest BCUT2D eigenvalue weighted by Crippen LogP contribution is 2.60. The molecule has 2 N–H and O–H groups in total. The van der Waals surface area contributed by atoms with Gasteiger partial charge in [0.15, 0.2) is 5.96 Å². The van der Waals surface area contributed by atoms with Crippen LogP contribution in [0.3, 0.4) is 0 Å². The monoisotopic (exact) mass is 351 g/mol. The van der Waals surface area contributed by atoms with Crippen LogP contribution in [-0.4, -0.2) is 51.0 Å². The molecule has 1 saturated heterocycles. The van der Waals surface area contributed by atoms with Crippen LogP contribution in [0.4, 0.5) is 0 Å². The molecule has 3 aliphatic rings. The predicted molar refractivity (Wildman–Crippen MR) is 102 cm³/mol. The minimum absolute atomic E-state index is 0.313. The number of hydrogen-bond acceptors (Lipinski definition) is 3. The van der Waals surface area contributed by atoms with Gasteiger partial charge in [0.1, 0.15) is 0 Å². The Morgan fingerprint density at radius 1 is 1.32 bits per heavy atom. The number of hydrogen-bond donors (Lipinski definition) is 2. The van der Waals surface area contributed by atoms with Gasteiger partial charge in [-0.05, 0) is 38.5 Å². The van der Waals surface area contributed by atoms with E-state index in [-0.39, 0.29) is 0 Å². The molecule has 144 valence electrons. The molecule has 5 nitrogen and oxygen atoms in total. The second-order valence-electron chi connectivity index (χ2n) is 8.33. The molecule has 1 spiro atoms. The molecule has 1 aliphatic heterocycles. The Kier molecular flexibility index (Phi) is 6.26. The summed E-state index contributed by atoms with van der Waals surface area (Å²) in [5.74, 6) is 2.16. The van der Waals surface area contributed by atoms with E-state index in [0.29, 0.717) is 35.5 Å². The van der Waals surface area contributed by atoms with Crippen molar-refractivity contribution < 1.29 is 9.47 Å². The van der Waals surface area contributed by atoms with Crippen LogP contribution in [0.2, 0.25) is 0 Å². The van der Waals surface area contributed by atoms with Crippen LogP contribution in [0.15, 0.2) is 4.99 Å². The van der Waals surface area contributed by atoms with Gasteiger partial charge >= 0.3 is 0 Å². The first kappa shape index (κ1) is 19.0. The van der Waals surface area contributed by atoms with Crippen LogP contribution >= 0.6 is 0 Å². The summed E-state index contributed by atoms with van der Waals surface area (Å²) in [6.07, 6.45) is 8.33. The second-order valence-corrected chi connectivity index (χ2v) is 8.33. The SMILES string of the molecule is CCOC(CCNC(=NC)NC1C2CCOC2C12CCCC2)C(C)C. The maximum absolute atomic E-state index is 6.08. The number of fused-ring (bicyclic) bond motifs is 2. The van der Waals surface area contributed by atoms with Crippen LogP contribution < -0.4 is 10.6 Å². The topological polar surface area (TPSA) is 54.9 Å². The Hall–Kier alpha value is -0.810. The van der Waals surface area contributed by atoms with Gasteiger partial charge in [0.05, 0.1) is 12.2 Å². The zero-order valence-corrected chi connectivity index (χ0v) is 16.5. The molecule has 2 aliphatic carbocycles. The van der Waals surface area contributed by atoms with Gasteiger partial charge in [-0.15, -0.1) is 0 Å². The molecule has 2 saturated carbocycles. The molecular weight excluding hydrogens is 314 g/mol. The van der Waals surface area contributed by atoms with Gasteiger partial charge < -0.3 is 20.1 Å². The first-order valence-electron chi connectivity index (χ1n) is 10.3. The lowest BCUT2D eigenvalue weighted by molar-refractivity contribution is -0.125. The molecule has 0 bridgehead atoms. The lowest BCUT2D eigenvalue weighted by atomic mass is 9.54. The number of nitrogens with one attached hydrogen (secondary N) is 2. The average molecular weight is 352 g/mol. The fourth-order valence-electron chi connectivity index (χ4n) is 5.40. The van der Waals surface area contributed by atoms with Gasteiger partial charge in [-0.2, -0.15) is 0 Å². The molecule has 0 aromatic rings. The summed E-state index contributed by atoms with van der Waals surface area (Å²) in [5, 5.41) is 7.28. The second kappa shape index (κ2) is 8.26. The first-order chi connectivity index (χ1) is 12.1. The lowest BCUT2D eigenvalue weighted by Gasteiger charge is -2.57. The van der Waals surface area contributed by atoms with Gasteiger partial charge in [0, 0.05) is 44.2 Å².